The van der Waals surface area contributed by atoms with Crippen LogP contribution in [0.4, 0.5) is 0 Å². The van der Waals surface area contributed by atoms with Crippen molar-refractivity contribution in [2.75, 3.05) is 14.2 Å². The van der Waals surface area contributed by atoms with Gasteiger partial charge in [0.25, 0.3) is 0 Å². The van der Waals surface area contributed by atoms with Gasteiger partial charge in [-0.15, -0.1) is 0 Å². The van der Waals surface area contributed by atoms with Crippen molar-refractivity contribution in [2.24, 2.45) is 0 Å². The van der Waals surface area contributed by atoms with E-state index in [0.29, 0.717) is 0 Å². The van der Waals surface area contributed by atoms with Crippen LogP contribution in [0, 0.1) is 0 Å². The third-order valence-corrected chi connectivity index (χ3v) is 3.96. The molecule has 136 valence electrons. The number of carbonyl (C=O) groups excluding carboxylic acids is 4. The summed E-state index contributed by atoms with van der Waals surface area (Å²) in [6, 6.07) is 0. The van der Waals surface area contributed by atoms with E-state index in [1.807, 2.05) is 0 Å². The van der Waals surface area contributed by atoms with E-state index in [9.17, 15) is 19.2 Å². The number of carbonyl (C=O) groups is 4. The lowest BCUT2D eigenvalue weighted by atomic mass is 9.96. The molecule has 2 aliphatic rings. The Labute approximate surface area is 144 Å². The molecule has 2 aliphatic heterocycles. The highest BCUT2D eigenvalue weighted by Crippen LogP contribution is 2.35. The molecule has 2 rings (SSSR count). The number of hydrogen-bond donors (Lipinski definition) is 0. The van der Waals surface area contributed by atoms with Crippen molar-refractivity contribution in [2.45, 2.75) is 44.3 Å². The minimum Gasteiger partial charge on any atom is -0.469 e. The first-order valence-electron chi connectivity index (χ1n) is 7.63. The summed E-state index contributed by atoms with van der Waals surface area (Å²) in [5.41, 5.74) is -1.73. The smallest absolute Gasteiger partial charge is 0.335 e. The largest absolute Gasteiger partial charge is 0.469 e. The lowest BCUT2D eigenvalue weighted by molar-refractivity contribution is -0.154. The first kappa shape index (κ1) is 18.7. The van der Waals surface area contributed by atoms with E-state index < -0.39 is 35.1 Å². The van der Waals surface area contributed by atoms with E-state index in [1.54, 1.807) is 13.8 Å². The number of methoxy groups -OCH3 is 2. The van der Waals surface area contributed by atoms with Crippen LogP contribution in [0.25, 0.3) is 0 Å². The van der Waals surface area contributed by atoms with Crippen LogP contribution in [0.1, 0.15) is 33.1 Å². The quantitative estimate of drug-likeness (QED) is 0.515. The number of esters is 4. The van der Waals surface area contributed by atoms with E-state index in [0.717, 1.165) is 0 Å². The average molecular weight is 352 g/mol. The third kappa shape index (κ3) is 4.26. The molecular formula is C17H20O8. The Kier molecular flexibility index (Phi) is 5.01. The highest BCUT2D eigenvalue weighted by Gasteiger charge is 2.42. The second kappa shape index (κ2) is 6.70. The summed E-state index contributed by atoms with van der Waals surface area (Å²) in [5.74, 6) is -2.25. The molecule has 0 aliphatic carbocycles. The maximum atomic E-state index is 12.0. The fourth-order valence-electron chi connectivity index (χ4n) is 2.81. The maximum absolute atomic E-state index is 12.0. The third-order valence-electron chi connectivity index (χ3n) is 3.96. The van der Waals surface area contributed by atoms with E-state index in [1.165, 1.54) is 26.4 Å². The van der Waals surface area contributed by atoms with E-state index in [2.05, 4.69) is 9.47 Å². The summed E-state index contributed by atoms with van der Waals surface area (Å²) in [6.45, 7) is 3.16. The second-order valence-electron chi connectivity index (χ2n) is 6.43. The molecule has 0 bridgehead atoms. The van der Waals surface area contributed by atoms with Gasteiger partial charge in [0.15, 0.2) is 0 Å². The van der Waals surface area contributed by atoms with Crippen molar-refractivity contribution < 1.29 is 38.1 Å². The lowest BCUT2D eigenvalue weighted by Gasteiger charge is -2.19. The van der Waals surface area contributed by atoms with Gasteiger partial charge in [-0.2, -0.15) is 0 Å². The number of ether oxygens (including phenoxy) is 4. The van der Waals surface area contributed by atoms with Gasteiger partial charge in [0, 0.05) is 17.6 Å². The minimum atomic E-state index is -1.11. The predicted octanol–water partition coefficient (Wildman–Crippen LogP) is 0.986. The summed E-state index contributed by atoms with van der Waals surface area (Å²) in [4.78, 5) is 46.9. The van der Waals surface area contributed by atoms with Crippen LogP contribution in [0.3, 0.4) is 0 Å². The van der Waals surface area contributed by atoms with E-state index in [-0.39, 0.29) is 30.4 Å². The fourth-order valence-corrected chi connectivity index (χ4v) is 2.81. The van der Waals surface area contributed by atoms with E-state index >= 15 is 0 Å². The van der Waals surface area contributed by atoms with Gasteiger partial charge in [-0.05, 0) is 26.0 Å². The standard InChI is InChI=1S/C17H20O8/c1-16(8-12(18)22-3)6-10(14(20)24-16)5-11-7-17(2,25-15(11)21)9-13(19)23-4/h6-7H,5,8-9H2,1-4H3. The maximum Gasteiger partial charge on any atom is 0.335 e. The summed E-state index contributed by atoms with van der Waals surface area (Å²) in [6.07, 6.45) is 2.77. The van der Waals surface area contributed by atoms with Crippen LogP contribution in [0.2, 0.25) is 0 Å². The van der Waals surface area contributed by atoms with Gasteiger partial charge in [0.05, 0.1) is 27.1 Å². The number of hydrogen-bond acceptors (Lipinski definition) is 8. The normalized spacial score (nSPS) is 28.0. The van der Waals surface area contributed by atoms with Gasteiger partial charge in [0.2, 0.25) is 0 Å². The van der Waals surface area contributed by atoms with Crippen molar-refractivity contribution in [3.05, 3.63) is 23.3 Å². The van der Waals surface area contributed by atoms with Crippen LogP contribution in [0.5, 0.6) is 0 Å². The molecule has 8 heteroatoms. The number of rotatable bonds is 6. The van der Waals surface area contributed by atoms with Crippen molar-refractivity contribution in [1.29, 1.82) is 0 Å². The van der Waals surface area contributed by atoms with Crippen LogP contribution in [-0.4, -0.2) is 49.3 Å². The predicted molar refractivity (Wildman–Crippen MR) is 83.0 cm³/mol. The van der Waals surface area contributed by atoms with Crippen LogP contribution in [-0.2, 0) is 38.1 Å². The zero-order valence-electron chi connectivity index (χ0n) is 14.5. The number of cyclic esters (lactones) is 2. The van der Waals surface area contributed by atoms with Crippen molar-refractivity contribution in [3.63, 3.8) is 0 Å². The molecule has 0 aromatic carbocycles. The summed E-state index contributed by atoms with van der Waals surface area (Å²) in [5, 5.41) is 0. The molecule has 2 atom stereocenters. The zero-order valence-corrected chi connectivity index (χ0v) is 14.5. The van der Waals surface area contributed by atoms with Crippen molar-refractivity contribution in [3.8, 4) is 0 Å². The first-order chi connectivity index (χ1) is 11.6. The highest BCUT2D eigenvalue weighted by molar-refractivity contribution is 5.98. The van der Waals surface area contributed by atoms with E-state index in [4.69, 9.17) is 9.47 Å². The SMILES string of the molecule is COC(=O)CC1(C)C=C(CC2=CC(C)(CC(=O)OC)OC2=O)C(=O)O1. The zero-order chi connectivity index (χ0) is 18.8. The van der Waals surface area contributed by atoms with Gasteiger partial charge < -0.3 is 18.9 Å². The minimum absolute atomic E-state index is 0.00874. The Morgan fingerprint density at radius 2 is 1.24 bits per heavy atom. The first-order valence-corrected chi connectivity index (χ1v) is 7.63. The molecule has 2 unspecified atom stereocenters. The summed E-state index contributed by atoms with van der Waals surface area (Å²) < 4.78 is 19.6. The lowest BCUT2D eigenvalue weighted by Crippen LogP contribution is -2.28. The molecule has 0 fully saturated rings. The van der Waals surface area contributed by atoms with Gasteiger partial charge in [0.1, 0.15) is 11.2 Å². The van der Waals surface area contributed by atoms with Crippen LogP contribution in [0.15, 0.2) is 23.3 Å². The molecule has 8 nitrogen and oxygen atoms in total. The average Bonchev–Trinajstić information content (AvgIpc) is 2.94. The highest BCUT2D eigenvalue weighted by atomic mass is 16.6. The van der Waals surface area contributed by atoms with Crippen molar-refractivity contribution >= 4 is 23.9 Å². The molecule has 0 N–H and O–H groups in total. The molecule has 2 heterocycles. The molecule has 25 heavy (non-hydrogen) atoms. The van der Waals surface area contributed by atoms with Crippen LogP contribution < -0.4 is 0 Å². The molecular weight excluding hydrogens is 332 g/mol. The summed E-state index contributed by atoms with van der Waals surface area (Å²) >= 11 is 0. The Morgan fingerprint density at radius 3 is 1.56 bits per heavy atom. The molecule has 0 saturated heterocycles. The van der Waals surface area contributed by atoms with Gasteiger partial charge in [-0.25, -0.2) is 9.59 Å². The topological polar surface area (TPSA) is 105 Å². The summed E-state index contributed by atoms with van der Waals surface area (Å²) in [7, 11) is 2.49. The fraction of sp³-hybridized carbons (Fsp3) is 0.529. The molecule has 0 spiro atoms. The molecule has 0 saturated carbocycles. The second-order valence-corrected chi connectivity index (χ2v) is 6.43. The van der Waals surface area contributed by atoms with Gasteiger partial charge in [-0.3, -0.25) is 9.59 Å². The van der Waals surface area contributed by atoms with Gasteiger partial charge in [-0.1, -0.05) is 0 Å². The monoisotopic (exact) mass is 352 g/mol. The van der Waals surface area contributed by atoms with Gasteiger partial charge >= 0.3 is 23.9 Å². The van der Waals surface area contributed by atoms with Crippen molar-refractivity contribution in [1.82, 2.24) is 0 Å². The Hall–Kier alpha value is -2.64. The Balaban J connectivity index is 2.15. The molecule has 0 amide bonds. The molecule has 0 radical (unpaired) electrons. The molecule has 0 aromatic heterocycles. The molecule has 0 aromatic rings. The van der Waals surface area contributed by atoms with Crippen LogP contribution >= 0.6 is 0 Å². The Bertz CT molecular complexity index is 631. The Morgan fingerprint density at radius 1 is 0.880 bits per heavy atom.